The van der Waals surface area contributed by atoms with Crippen molar-refractivity contribution in [2.45, 2.75) is 32.2 Å². The van der Waals surface area contributed by atoms with E-state index in [0.717, 1.165) is 43.9 Å². The van der Waals surface area contributed by atoms with Gasteiger partial charge in [-0.25, -0.2) is 0 Å². The minimum atomic E-state index is 0.0340. The highest BCUT2D eigenvalue weighted by Crippen LogP contribution is 2.34. The van der Waals surface area contributed by atoms with Crippen LogP contribution in [0.25, 0.3) is 0 Å². The van der Waals surface area contributed by atoms with Gasteiger partial charge in [-0.2, -0.15) is 0 Å². The van der Waals surface area contributed by atoms with E-state index >= 15 is 0 Å². The average molecular weight is 283 g/mol. The molecule has 1 aromatic heterocycles. The molecule has 110 valence electrons. The number of aromatic nitrogens is 2. The highest BCUT2D eigenvalue weighted by molar-refractivity contribution is 5.46. The zero-order valence-electron chi connectivity index (χ0n) is 12.4. The molecule has 21 heavy (non-hydrogen) atoms. The van der Waals surface area contributed by atoms with E-state index in [1.807, 2.05) is 6.20 Å². The Balaban J connectivity index is 2.00. The number of rotatable bonds is 5. The molecule has 0 fully saturated rings. The van der Waals surface area contributed by atoms with E-state index in [1.54, 1.807) is 12.4 Å². The summed E-state index contributed by atoms with van der Waals surface area (Å²) >= 11 is 0. The molecule has 3 rings (SSSR count). The van der Waals surface area contributed by atoms with Gasteiger partial charge in [0.25, 0.3) is 0 Å². The van der Waals surface area contributed by atoms with Crippen LogP contribution in [-0.2, 0) is 6.42 Å². The van der Waals surface area contributed by atoms with E-state index in [0.29, 0.717) is 0 Å². The first-order valence-electron chi connectivity index (χ1n) is 7.64. The first-order valence-corrected chi connectivity index (χ1v) is 7.64. The monoisotopic (exact) mass is 283 g/mol. The first-order chi connectivity index (χ1) is 10.4. The van der Waals surface area contributed by atoms with Crippen molar-refractivity contribution in [3.63, 3.8) is 0 Å². The molecule has 0 radical (unpaired) electrons. The number of hydrogen-bond acceptors (Lipinski definition) is 4. The lowest BCUT2D eigenvalue weighted by Crippen LogP contribution is -2.25. The number of nitrogens with one attached hydrogen (secondary N) is 1. The van der Waals surface area contributed by atoms with E-state index in [1.165, 1.54) is 11.1 Å². The van der Waals surface area contributed by atoms with Gasteiger partial charge in [0.2, 0.25) is 0 Å². The topological polar surface area (TPSA) is 47.0 Å². The van der Waals surface area contributed by atoms with Gasteiger partial charge in [-0.1, -0.05) is 25.1 Å². The maximum Gasteiger partial charge on any atom is 0.127 e. The van der Waals surface area contributed by atoms with Crippen LogP contribution in [0.5, 0.6) is 5.75 Å². The lowest BCUT2D eigenvalue weighted by Gasteiger charge is -2.25. The van der Waals surface area contributed by atoms with Gasteiger partial charge in [0.05, 0.1) is 24.5 Å². The van der Waals surface area contributed by atoms with Gasteiger partial charge in [0.1, 0.15) is 5.75 Å². The van der Waals surface area contributed by atoms with Gasteiger partial charge in [0.15, 0.2) is 0 Å². The maximum atomic E-state index is 5.95. The minimum Gasteiger partial charge on any atom is -0.493 e. The summed E-state index contributed by atoms with van der Waals surface area (Å²) in [5.41, 5.74) is 3.40. The zero-order valence-corrected chi connectivity index (χ0v) is 12.4. The molecular weight excluding hydrogens is 262 g/mol. The van der Waals surface area contributed by atoms with Gasteiger partial charge >= 0.3 is 0 Å². The summed E-state index contributed by atoms with van der Waals surface area (Å²) in [6.45, 7) is 3.90. The fraction of sp³-hybridized carbons (Fsp3) is 0.412. The van der Waals surface area contributed by atoms with Crippen LogP contribution in [-0.4, -0.2) is 23.1 Å². The number of hydrogen-bond donors (Lipinski definition) is 1. The predicted octanol–water partition coefficient (Wildman–Crippen LogP) is 2.89. The molecule has 1 atom stereocenters. The van der Waals surface area contributed by atoms with Crippen molar-refractivity contribution in [1.29, 1.82) is 0 Å². The Morgan fingerprint density at radius 1 is 1.33 bits per heavy atom. The van der Waals surface area contributed by atoms with Crippen molar-refractivity contribution in [3.05, 3.63) is 53.6 Å². The highest BCUT2D eigenvalue weighted by atomic mass is 16.5. The molecule has 0 saturated carbocycles. The Kier molecular flexibility index (Phi) is 4.46. The summed E-state index contributed by atoms with van der Waals surface area (Å²) in [4.78, 5) is 8.68. The van der Waals surface area contributed by atoms with Crippen molar-refractivity contribution in [2.75, 3.05) is 13.2 Å². The Morgan fingerprint density at radius 3 is 3.10 bits per heavy atom. The summed E-state index contributed by atoms with van der Waals surface area (Å²) < 4.78 is 5.95. The molecule has 0 aliphatic carbocycles. The van der Waals surface area contributed by atoms with Gasteiger partial charge < -0.3 is 10.1 Å². The minimum absolute atomic E-state index is 0.0340. The van der Waals surface area contributed by atoms with Crippen molar-refractivity contribution >= 4 is 0 Å². The number of nitrogens with zero attached hydrogens (tertiary/aromatic N) is 2. The molecule has 1 N–H and O–H groups in total. The Bertz CT molecular complexity index is 586. The zero-order chi connectivity index (χ0) is 14.5. The average Bonchev–Trinajstić information content (AvgIpc) is 2.56. The van der Waals surface area contributed by atoms with E-state index in [9.17, 15) is 0 Å². The van der Waals surface area contributed by atoms with Crippen LogP contribution in [0.2, 0.25) is 0 Å². The fourth-order valence-electron chi connectivity index (χ4n) is 2.76. The van der Waals surface area contributed by atoms with E-state index in [2.05, 4.69) is 40.4 Å². The lowest BCUT2D eigenvalue weighted by molar-refractivity contribution is 0.283. The fourth-order valence-corrected chi connectivity index (χ4v) is 2.76. The smallest absolute Gasteiger partial charge is 0.127 e. The normalized spacial score (nSPS) is 15.1. The number of para-hydroxylation sites is 1. The molecular formula is C17H21N3O. The van der Waals surface area contributed by atoms with Crippen LogP contribution in [0.4, 0.5) is 0 Å². The van der Waals surface area contributed by atoms with Crippen LogP contribution in [0.15, 0.2) is 36.8 Å². The van der Waals surface area contributed by atoms with Crippen LogP contribution in [0.1, 0.15) is 42.6 Å². The molecule has 1 aliphatic heterocycles. The van der Waals surface area contributed by atoms with E-state index in [4.69, 9.17) is 4.74 Å². The SMILES string of the molecule is CCCNC(c1cnccn1)c1cccc2c1OCCC2. The third-order valence-corrected chi connectivity index (χ3v) is 3.75. The van der Waals surface area contributed by atoms with Crippen molar-refractivity contribution < 1.29 is 4.74 Å². The summed E-state index contributed by atoms with van der Waals surface area (Å²) in [7, 11) is 0. The predicted molar refractivity (Wildman–Crippen MR) is 82.4 cm³/mol. The number of fused-ring (bicyclic) bond motifs is 1. The third kappa shape index (κ3) is 3.05. The summed E-state index contributed by atoms with van der Waals surface area (Å²) in [5, 5.41) is 3.57. The second-order valence-corrected chi connectivity index (χ2v) is 5.30. The van der Waals surface area contributed by atoms with Gasteiger partial charge in [0, 0.05) is 18.0 Å². The maximum absolute atomic E-state index is 5.95. The molecule has 2 heterocycles. The molecule has 4 heteroatoms. The number of ether oxygens (including phenoxy) is 1. The largest absolute Gasteiger partial charge is 0.493 e. The Morgan fingerprint density at radius 2 is 2.29 bits per heavy atom. The second-order valence-electron chi connectivity index (χ2n) is 5.30. The highest BCUT2D eigenvalue weighted by Gasteiger charge is 2.22. The molecule has 0 amide bonds. The van der Waals surface area contributed by atoms with Crippen LogP contribution in [0, 0.1) is 0 Å². The molecule has 1 aliphatic rings. The van der Waals surface area contributed by atoms with Crippen molar-refractivity contribution in [1.82, 2.24) is 15.3 Å². The van der Waals surface area contributed by atoms with Crippen molar-refractivity contribution in [3.8, 4) is 5.75 Å². The summed E-state index contributed by atoms with van der Waals surface area (Å²) in [6.07, 6.45) is 8.53. The third-order valence-electron chi connectivity index (χ3n) is 3.75. The quantitative estimate of drug-likeness (QED) is 0.916. The van der Waals surface area contributed by atoms with Crippen LogP contribution < -0.4 is 10.1 Å². The van der Waals surface area contributed by atoms with Gasteiger partial charge in [-0.3, -0.25) is 9.97 Å². The van der Waals surface area contributed by atoms with Crippen molar-refractivity contribution in [2.24, 2.45) is 0 Å². The molecule has 0 spiro atoms. The molecule has 2 aromatic rings. The van der Waals surface area contributed by atoms with Crippen LogP contribution in [0.3, 0.4) is 0 Å². The number of aryl methyl sites for hydroxylation is 1. The van der Waals surface area contributed by atoms with Crippen LogP contribution >= 0.6 is 0 Å². The molecule has 1 aromatic carbocycles. The standard InChI is InChI=1S/C17H21N3O/c1-2-8-20-16(15-12-18-9-10-19-15)14-7-3-5-13-6-4-11-21-17(13)14/h3,5,7,9-10,12,16,20H,2,4,6,8,11H2,1H3. The van der Waals surface area contributed by atoms with E-state index < -0.39 is 0 Å². The Labute approximate surface area is 125 Å². The first kappa shape index (κ1) is 14.0. The lowest BCUT2D eigenvalue weighted by atomic mass is 9.96. The molecule has 1 unspecified atom stereocenters. The van der Waals surface area contributed by atoms with Gasteiger partial charge in [-0.15, -0.1) is 0 Å². The summed E-state index contributed by atoms with van der Waals surface area (Å²) in [6, 6.07) is 6.43. The van der Waals surface area contributed by atoms with E-state index in [-0.39, 0.29) is 6.04 Å². The summed E-state index contributed by atoms with van der Waals surface area (Å²) in [5.74, 6) is 1.03. The second kappa shape index (κ2) is 6.68. The van der Waals surface area contributed by atoms with Gasteiger partial charge in [-0.05, 0) is 31.4 Å². The molecule has 4 nitrogen and oxygen atoms in total. The Hall–Kier alpha value is -1.94. The molecule has 0 bridgehead atoms. The molecule has 0 saturated heterocycles. The number of benzene rings is 1.